The lowest BCUT2D eigenvalue weighted by Gasteiger charge is -2.29. The van der Waals surface area contributed by atoms with E-state index in [2.05, 4.69) is 19.2 Å². The summed E-state index contributed by atoms with van der Waals surface area (Å²) in [7, 11) is 0. The van der Waals surface area contributed by atoms with Crippen molar-refractivity contribution in [1.82, 2.24) is 15.1 Å². The summed E-state index contributed by atoms with van der Waals surface area (Å²) in [5.41, 5.74) is 0. The first-order chi connectivity index (χ1) is 9.59. The molecule has 2 aliphatic rings. The molecule has 0 aliphatic carbocycles. The van der Waals surface area contributed by atoms with Crippen molar-refractivity contribution >= 4 is 11.8 Å². The number of nitrogens with one attached hydrogen (secondary N) is 1. The lowest BCUT2D eigenvalue weighted by Crippen LogP contribution is -2.52. The number of hydrogen-bond acceptors (Lipinski definition) is 3. The first-order valence-electron chi connectivity index (χ1n) is 7.88. The Morgan fingerprint density at radius 2 is 1.55 bits per heavy atom. The fraction of sp³-hybridized carbons (Fsp3) is 0.867. The second kappa shape index (κ2) is 7.07. The molecule has 2 fully saturated rings. The summed E-state index contributed by atoms with van der Waals surface area (Å²) in [6.07, 6.45) is 3.21. The fourth-order valence-corrected chi connectivity index (χ4v) is 3.13. The van der Waals surface area contributed by atoms with E-state index in [-0.39, 0.29) is 11.8 Å². The fourth-order valence-electron chi connectivity index (χ4n) is 3.13. The third-order valence-corrected chi connectivity index (χ3v) is 4.59. The highest BCUT2D eigenvalue weighted by molar-refractivity contribution is 6.34. The van der Waals surface area contributed by atoms with Gasteiger partial charge in [0.05, 0.1) is 0 Å². The molecule has 2 heterocycles. The molecule has 0 aromatic rings. The Hall–Kier alpha value is -1.10. The largest absolute Gasteiger partial charge is 0.334 e. The first-order valence-corrected chi connectivity index (χ1v) is 7.88. The summed E-state index contributed by atoms with van der Waals surface area (Å²) in [6, 6.07) is 0. The summed E-state index contributed by atoms with van der Waals surface area (Å²) < 4.78 is 0. The Bertz CT molecular complexity index is 351. The molecule has 2 amide bonds. The zero-order valence-electron chi connectivity index (χ0n) is 12.7. The minimum absolute atomic E-state index is 0.295. The SMILES string of the molecule is CC(C)C1CCCN(C(=O)C(=O)N2CCNCC2)CC1. The van der Waals surface area contributed by atoms with Crippen LogP contribution < -0.4 is 5.32 Å². The first kappa shape index (κ1) is 15.3. The number of piperazine rings is 1. The van der Waals surface area contributed by atoms with Crippen LogP contribution in [0.15, 0.2) is 0 Å². The maximum atomic E-state index is 12.3. The molecule has 0 radical (unpaired) electrons. The van der Waals surface area contributed by atoms with Crippen molar-refractivity contribution in [2.75, 3.05) is 39.3 Å². The molecular formula is C15H27N3O2. The van der Waals surface area contributed by atoms with Gasteiger partial charge in [0.1, 0.15) is 0 Å². The summed E-state index contributed by atoms with van der Waals surface area (Å²) >= 11 is 0. The average Bonchev–Trinajstić information content (AvgIpc) is 2.72. The van der Waals surface area contributed by atoms with Crippen molar-refractivity contribution in [1.29, 1.82) is 0 Å². The standard InChI is InChI=1S/C15H27N3O2/c1-12(2)13-4-3-8-17(9-5-13)14(19)15(20)18-10-6-16-7-11-18/h12-13,16H,3-11H2,1-2H3. The molecule has 0 aromatic heterocycles. The van der Waals surface area contributed by atoms with Gasteiger partial charge in [0.15, 0.2) is 0 Å². The van der Waals surface area contributed by atoms with Gasteiger partial charge in [-0.15, -0.1) is 0 Å². The minimum Gasteiger partial charge on any atom is -0.334 e. The van der Waals surface area contributed by atoms with E-state index in [4.69, 9.17) is 0 Å². The van der Waals surface area contributed by atoms with Crippen molar-refractivity contribution in [3.8, 4) is 0 Å². The van der Waals surface area contributed by atoms with E-state index in [1.54, 1.807) is 9.80 Å². The molecule has 2 aliphatic heterocycles. The Morgan fingerprint density at radius 1 is 0.950 bits per heavy atom. The zero-order valence-corrected chi connectivity index (χ0v) is 12.7. The number of rotatable bonds is 1. The van der Waals surface area contributed by atoms with Crippen LogP contribution in [-0.2, 0) is 9.59 Å². The molecular weight excluding hydrogens is 254 g/mol. The normalized spacial score (nSPS) is 24.6. The quantitative estimate of drug-likeness (QED) is 0.720. The molecule has 1 unspecified atom stereocenters. The molecule has 2 rings (SSSR count). The lowest BCUT2D eigenvalue weighted by atomic mass is 9.89. The van der Waals surface area contributed by atoms with E-state index in [1.165, 1.54) is 6.42 Å². The van der Waals surface area contributed by atoms with Crippen LogP contribution in [0.1, 0.15) is 33.1 Å². The molecule has 1 atom stereocenters. The Morgan fingerprint density at radius 3 is 2.15 bits per heavy atom. The summed E-state index contributed by atoms with van der Waals surface area (Å²) in [5, 5.41) is 3.20. The van der Waals surface area contributed by atoms with Crippen LogP contribution >= 0.6 is 0 Å². The van der Waals surface area contributed by atoms with Crippen LogP contribution in [0.25, 0.3) is 0 Å². The number of likely N-dealkylation sites (tertiary alicyclic amines) is 1. The van der Waals surface area contributed by atoms with Gasteiger partial charge in [0.2, 0.25) is 0 Å². The molecule has 114 valence electrons. The van der Waals surface area contributed by atoms with E-state index in [0.29, 0.717) is 24.9 Å². The molecule has 0 aromatic carbocycles. The average molecular weight is 281 g/mol. The lowest BCUT2D eigenvalue weighted by molar-refractivity contribution is -0.152. The molecule has 0 spiro atoms. The van der Waals surface area contributed by atoms with Crippen LogP contribution in [0.2, 0.25) is 0 Å². The monoisotopic (exact) mass is 281 g/mol. The van der Waals surface area contributed by atoms with Crippen LogP contribution in [0.5, 0.6) is 0 Å². The zero-order chi connectivity index (χ0) is 14.5. The third kappa shape index (κ3) is 3.72. The third-order valence-electron chi connectivity index (χ3n) is 4.59. The molecule has 2 saturated heterocycles. The van der Waals surface area contributed by atoms with Gasteiger partial charge >= 0.3 is 11.8 Å². The van der Waals surface area contributed by atoms with Crippen molar-refractivity contribution < 1.29 is 9.59 Å². The van der Waals surface area contributed by atoms with Gasteiger partial charge < -0.3 is 15.1 Å². The molecule has 1 N–H and O–H groups in total. The predicted molar refractivity (Wildman–Crippen MR) is 78.2 cm³/mol. The Balaban J connectivity index is 1.89. The molecule has 0 bridgehead atoms. The highest BCUT2D eigenvalue weighted by Gasteiger charge is 2.29. The van der Waals surface area contributed by atoms with Crippen molar-refractivity contribution in [3.05, 3.63) is 0 Å². The van der Waals surface area contributed by atoms with Gasteiger partial charge in [-0.25, -0.2) is 0 Å². The van der Waals surface area contributed by atoms with Crippen LogP contribution in [0, 0.1) is 11.8 Å². The Kier molecular flexibility index (Phi) is 5.40. The highest BCUT2D eigenvalue weighted by atomic mass is 16.2. The summed E-state index contributed by atoms with van der Waals surface area (Å²) in [6.45, 7) is 8.82. The van der Waals surface area contributed by atoms with E-state index in [1.807, 2.05) is 0 Å². The minimum atomic E-state index is -0.311. The van der Waals surface area contributed by atoms with Gasteiger partial charge in [-0.1, -0.05) is 13.8 Å². The number of nitrogens with zero attached hydrogens (tertiary/aromatic N) is 2. The second-order valence-corrected chi connectivity index (χ2v) is 6.27. The van der Waals surface area contributed by atoms with Crippen LogP contribution in [0.4, 0.5) is 0 Å². The summed E-state index contributed by atoms with van der Waals surface area (Å²) in [5.74, 6) is 0.738. The highest BCUT2D eigenvalue weighted by Crippen LogP contribution is 2.24. The maximum absolute atomic E-state index is 12.3. The van der Waals surface area contributed by atoms with E-state index < -0.39 is 0 Å². The van der Waals surface area contributed by atoms with E-state index in [9.17, 15) is 9.59 Å². The van der Waals surface area contributed by atoms with Gasteiger partial charge in [-0.3, -0.25) is 9.59 Å². The molecule has 0 saturated carbocycles. The van der Waals surface area contributed by atoms with E-state index >= 15 is 0 Å². The van der Waals surface area contributed by atoms with Gasteiger partial charge in [-0.2, -0.15) is 0 Å². The van der Waals surface area contributed by atoms with Crippen molar-refractivity contribution in [2.45, 2.75) is 33.1 Å². The van der Waals surface area contributed by atoms with Crippen molar-refractivity contribution in [2.24, 2.45) is 11.8 Å². The van der Waals surface area contributed by atoms with Gasteiger partial charge in [0.25, 0.3) is 0 Å². The van der Waals surface area contributed by atoms with Gasteiger partial charge in [0, 0.05) is 39.3 Å². The number of carbonyl (C=O) groups excluding carboxylic acids is 2. The maximum Gasteiger partial charge on any atom is 0.312 e. The molecule has 20 heavy (non-hydrogen) atoms. The van der Waals surface area contributed by atoms with E-state index in [0.717, 1.165) is 39.0 Å². The molecule has 5 heteroatoms. The molecule has 5 nitrogen and oxygen atoms in total. The van der Waals surface area contributed by atoms with Crippen LogP contribution in [0.3, 0.4) is 0 Å². The smallest absolute Gasteiger partial charge is 0.312 e. The van der Waals surface area contributed by atoms with Gasteiger partial charge in [-0.05, 0) is 31.1 Å². The topological polar surface area (TPSA) is 52.7 Å². The second-order valence-electron chi connectivity index (χ2n) is 6.27. The predicted octanol–water partition coefficient (Wildman–Crippen LogP) is 0.703. The van der Waals surface area contributed by atoms with Crippen LogP contribution in [-0.4, -0.2) is 60.9 Å². The number of hydrogen-bond donors (Lipinski definition) is 1. The number of carbonyl (C=O) groups is 2. The number of amides is 2. The van der Waals surface area contributed by atoms with Crippen molar-refractivity contribution in [3.63, 3.8) is 0 Å². The Labute approximate surface area is 121 Å². The summed E-state index contributed by atoms with van der Waals surface area (Å²) in [4.78, 5) is 28.0.